The number of hydrogen-bond acceptors (Lipinski definition) is 3. The summed E-state index contributed by atoms with van der Waals surface area (Å²) >= 11 is 1.52. The quantitative estimate of drug-likeness (QED) is 0.582. The Balaban J connectivity index is 2.65. The molecule has 0 fully saturated rings. The molecule has 0 unspecified atom stereocenters. The van der Waals surface area contributed by atoms with E-state index in [1.807, 2.05) is 0 Å². The molecule has 78 valence electrons. The van der Waals surface area contributed by atoms with Gasteiger partial charge in [-0.1, -0.05) is 0 Å². The molecular formula is C10H13FO2S. The number of aliphatic hydroxyl groups is 2. The molecule has 0 aliphatic heterocycles. The molecule has 0 atom stereocenters. The first kappa shape index (κ1) is 11.5. The minimum absolute atomic E-state index is 0.154. The second-order valence-electron chi connectivity index (χ2n) is 2.84. The summed E-state index contributed by atoms with van der Waals surface area (Å²) in [5, 5.41) is 17.6. The minimum atomic E-state index is -0.333. The molecule has 1 aromatic carbocycles. The maximum absolute atomic E-state index is 12.8. The molecule has 0 radical (unpaired) electrons. The molecule has 0 aromatic heterocycles. The Labute approximate surface area is 86.8 Å². The number of thioether (sulfide) groups is 1. The molecule has 4 heteroatoms. The first-order chi connectivity index (χ1) is 6.77. The average Bonchev–Trinajstić information content (AvgIpc) is 2.20. The van der Waals surface area contributed by atoms with E-state index in [0.717, 1.165) is 10.6 Å². The van der Waals surface area contributed by atoms with Crippen molar-refractivity contribution >= 4 is 11.8 Å². The lowest BCUT2D eigenvalue weighted by Gasteiger charge is -2.06. The minimum Gasteiger partial charge on any atom is -0.396 e. The Hall–Kier alpha value is -0.580. The van der Waals surface area contributed by atoms with Crippen LogP contribution in [0.15, 0.2) is 23.1 Å². The van der Waals surface area contributed by atoms with E-state index in [4.69, 9.17) is 10.2 Å². The molecule has 0 aliphatic rings. The van der Waals surface area contributed by atoms with Crippen LogP contribution >= 0.6 is 11.8 Å². The fourth-order valence-corrected chi connectivity index (χ4v) is 2.03. The summed E-state index contributed by atoms with van der Waals surface area (Å²) in [6, 6.07) is 4.37. The van der Waals surface area contributed by atoms with E-state index in [1.54, 1.807) is 6.07 Å². The predicted octanol–water partition coefficient (Wildman–Crippen LogP) is 1.79. The van der Waals surface area contributed by atoms with Crippen LogP contribution in [0.5, 0.6) is 0 Å². The Morgan fingerprint density at radius 2 is 2.07 bits per heavy atom. The summed E-state index contributed by atoms with van der Waals surface area (Å²) in [5.74, 6) is 0.440. The lowest BCUT2D eigenvalue weighted by Crippen LogP contribution is -1.91. The largest absolute Gasteiger partial charge is 0.396 e. The van der Waals surface area contributed by atoms with E-state index in [2.05, 4.69) is 0 Å². The summed E-state index contributed by atoms with van der Waals surface area (Å²) in [6.07, 6.45) is 0.701. The van der Waals surface area contributed by atoms with Crippen molar-refractivity contribution in [1.29, 1.82) is 0 Å². The van der Waals surface area contributed by atoms with E-state index < -0.39 is 0 Å². The number of hydrogen-bond donors (Lipinski definition) is 2. The normalized spacial score (nSPS) is 10.5. The second-order valence-corrected chi connectivity index (χ2v) is 3.97. The van der Waals surface area contributed by atoms with Crippen molar-refractivity contribution in [2.75, 3.05) is 12.4 Å². The van der Waals surface area contributed by atoms with Gasteiger partial charge >= 0.3 is 0 Å². The molecule has 0 bridgehead atoms. The van der Waals surface area contributed by atoms with Gasteiger partial charge in [-0.05, 0) is 30.2 Å². The Kier molecular flexibility index (Phi) is 4.93. The van der Waals surface area contributed by atoms with Crippen LogP contribution in [0, 0.1) is 5.82 Å². The first-order valence-electron chi connectivity index (χ1n) is 4.41. The molecule has 0 amide bonds. The predicted molar refractivity (Wildman–Crippen MR) is 54.7 cm³/mol. The topological polar surface area (TPSA) is 40.5 Å². The standard InChI is InChI=1S/C10H13FO2S/c11-9-2-3-10(8(6-9)7-13)14-5-1-4-12/h2-3,6,12-13H,1,4-5,7H2. The molecule has 0 heterocycles. The zero-order valence-electron chi connectivity index (χ0n) is 7.74. The van der Waals surface area contributed by atoms with Crippen LogP contribution in [0.1, 0.15) is 12.0 Å². The summed E-state index contributed by atoms with van der Waals surface area (Å²) in [6.45, 7) is 0.00186. The number of aliphatic hydroxyl groups excluding tert-OH is 2. The molecular weight excluding hydrogens is 203 g/mol. The van der Waals surface area contributed by atoms with Crippen LogP contribution in [0.25, 0.3) is 0 Å². The summed E-state index contributed by atoms with van der Waals surface area (Å²) in [4.78, 5) is 0.877. The van der Waals surface area contributed by atoms with Gasteiger partial charge in [0.1, 0.15) is 5.82 Å². The highest BCUT2D eigenvalue weighted by atomic mass is 32.2. The lowest BCUT2D eigenvalue weighted by molar-refractivity contribution is 0.278. The molecule has 0 aliphatic carbocycles. The molecule has 0 spiro atoms. The molecule has 0 saturated heterocycles. The third-order valence-electron chi connectivity index (χ3n) is 1.75. The van der Waals surface area contributed by atoms with Crippen molar-refractivity contribution in [3.63, 3.8) is 0 Å². The van der Waals surface area contributed by atoms with E-state index in [0.29, 0.717) is 12.0 Å². The van der Waals surface area contributed by atoms with Crippen molar-refractivity contribution in [2.45, 2.75) is 17.9 Å². The van der Waals surface area contributed by atoms with E-state index in [-0.39, 0.29) is 19.0 Å². The van der Waals surface area contributed by atoms with Crippen LogP contribution in [0.3, 0.4) is 0 Å². The molecule has 1 aromatic rings. The Morgan fingerprint density at radius 3 is 2.71 bits per heavy atom. The molecule has 0 saturated carbocycles. The summed E-state index contributed by atoms with van der Waals surface area (Å²) < 4.78 is 12.8. The van der Waals surface area contributed by atoms with Gasteiger partial charge in [-0.2, -0.15) is 0 Å². The Bertz CT molecular complexity index is 291. The van der Waals surface area contributed by atoms with Gasteiger partial charge in [-0.15, -0.1) is 11.8 Å². The first-order valence-corrected chi connectivity index (χ1v) is 5.39. The van der Waals surface area contributed by atoms with Crippen molar-refractivity contribution in [3.8, 4) is 0 Å². The monoisotopic (exact) mass is 216 g/mol. The van der Waals surface area contributed by atoms with Gasteiger partial charge in [0.15, 0.2) is 0 Å². The van der Waals surface area contributed by atoms with E-state index in [1.165, 1.54) is 23.9 Å². The molecule has 14 heavy (non-hydrogen) atoms. The average molecular weight is 216 g/mol. The van der Waals surface area contributed by atoms with Crippen LogP contribution < -0.4 is 0 Å². The van der Waals surface area contributed by atoms with Gasteiger partial charge in [0.25, 0.3) is 0 Å². The molecule has 1 rings (SSSR count). The maximum atomic E-state index is 12.8. The van der Waals surface area contributed by atoms with Gasteiger partial charge in [0.2, 0.25) is 0 Å². The van der Waals surface area contributed by atoms with Gasteiger partial charge in [0.05, 0.1) is 6.61 Å². The SMILES string of the molecule is OCCCSc1ccc(F)cc1CO. The van der Waals surface area contributed by atoms with Crippen molar-refractivity contribution < 1.29 is 14.6 Å². The third-order valence-corrected chi connectivity index (χ3v) is 2.95. The van der Waals surface area contributed by atoms with E-state index >= 15 is 0 Å². The van der Waals surface area contributed by atoms with Crippen molar-refractivity contribution in [3.05, 3.63) is 29.6 Å². The van der Waals surface area contributed by atoms with Crippen LogP contribution in [-0.2, 0) is 6.61 Å². The zero-order chi connectivity index (χ0) is 10.4. The van der Waals surface area contributed by atoms with Gasteiger partial charge in [-0.25, -0.2) is 4.39 Å². The fourth-order valence-electron chi connectivity index (χ4n) is 1.06. The van der Waals surface area contributed by atoms with Crippen LogP contribution in [-0.4, -0.2) is 22.6 Å². The van der Waals surface area contributed by atoms with E-state index in [9.17, 15) is 4.39 Å². The summed E-state index contributed by atoms with van der Waals surface area (Å²) in [5.41, 5.74) is 0.605. The smallest absolute Gasteiger partial charge is 0.123 e. The van der Waals surface area contributed by atoms with Gasteiger partial charge in [-0.3, -0.25) is 0 Å². The maximum Gasteiger partial charge on any atom is 0.123 e. The molecule has 2 nitrogen and oxygen atoms in total. The fraction of sp³-hybridized carbons (Fsp3) is 0.400. The third kappa shape index (κ3) is 3.29. The Morgan fingerprint density at radius 1 is 1.29 bits per heavy atom. The highest BCUT2D eigenvalue weighted by molar-refractivity contribution is 7.99. The van der Waals surface area contributed by atoms with Crippen LogP contribution in [0.2, 0.25) is 0 Å². The van der Waals surface area contributed by atoms with Crippen LogP contribution in [0.4, 0.5) is 4.39 Å². The summed E-state index contributed by atoms with van der Waals surface area (Å²) in [7, 11) is 0. The van der Waals surface area contributed by atoms with Crippen molar-refractivity contribution in [2.24, 2.45) is 0 Å². The highest BCUT2D eigenvalue weighted by Crippen LogP contribution is 2.24. The molecule has 2 N–H and O–H groups in total. The van der Waals surface area contributed by atoms with Crippen molar-refractivity contribution in [1.82, 2.24) is 0 Å². The highest BCUT2D eigenvalue weighted by Gasteiger charge is 2.03. The van der Waals surface area contributed by atoms with Gasteiger partial charge < -0.3 is 10.2 Å². The van der Waals surface area contributed by atoms with Gasteiger partial charge in [0, 0.05) is 17.3 Å². The number of benzene rings is 1. The number of halogens is 1. The second kappa shape index (κ2) is 6.01. The number of rotatable bonds is 5. The zero-order valence-corrected chi connectivity index (χ0v) is 8.56. The lowest BCUT2D eigenvalue weighted by atomic mass is 10.2.